The third-order valence-electron chi connectivity index (χ3n) is 5.65. The molecule has 2 aromatic rings. The molecular formula is C18H20BrClFN5O3S. The van der Waals surface area contributed by atoms with Gasteiger partial charge in [0.25, 0.3) is 0 Å². The second-order valence-corrected chi connectivity index (χ2v) is 9.55. The summed E-state index contributed by atoms with van der Waals surface area (Å²) in [6, 6.07) is -0.767. The number of hydrogen-bond donors (Lipinski definition) is 2. The summed E-state index contributed by atoms with van der Waals surface area (Å²) in [5, 5.41) is 19.9. The molecule has 0 unspecified atom stereocenters. The van der Waals surface area contributed by atoms with Gasteiger partial charge in [-0.3, -0.25) is 4.90 Å². The number of aliphatic hydroxyl groups is 1. The Morgan fingerprint density at radius 1 is 1.37 bits per heavy atom. The molecule has 4 rings (SSSR count). The number of aromatic nitrogens is 3. The Morgan fingerprint density at radius 2 is 2.13 bits per heavy atom. The van der Waals surface area contributed by atoms with Crippen molar-refractivity contribution in [1.29, 1.82) is 0 Å². The van der Waals surface area contributed by atoms with Gasteiger partial charge in [0.2, 0.25) is 0 Å². The zero-order valence-electron chi connectivity index (χ0n) is 16.1. The van der Waals surface area contributed by atoms with Crippen LogP contribution in [0.5, 0.6) is 0 Å². The molecule has 2 aliphatic heterocycles. The van der Waals surface area contributed by atoms with Crippen molar-refractivity contribution in [2.24, 2.45) is 0 Å². The highest BCUT2D eigenvalue weighted by Crippen LogP contribution is 2.42. The van der Waals surface area contributed by atoms with E-state index >= 15 is 0 Å². The predicted molar refractivity (Wildman–Crippen MR) is 116 cm³/mol. The summed E-state index contributed by atoms with van der Waals surface area (Å²) in [5.74, 6) is 0.457. The molecular weight excluding hydrogens is 501 g/mol. The van der Waals surface area contributed by atoms with Crippen molar-refractivity contribution in [2.75, 3.05) is 23.8 Å². The topological polar surface area (TPSA) is 103 Å². The van der Waals surface area contributed by atoms with Crippen molar-refractivity contribution < 1.29 is 19.4 Å². The highest BCUT2D eigenvalue weighted by Gasteiger charge is 2.49. The predicted octanol–water partition coefficient (Wildman–Crippen LogP) is 3.77. The number of aliphatic hydroxyl groups excluding tert-OH is 1. The molecule has 0 spiro atoms. The lowest BCUT2D eigenvalue weighted by molar-refractivity contribution is 0.0952. The molecule has 0 aromatic carbocycles. The van der Waals surface area contributed by atoms with E-state index in [0.717, 1.165) is 6.42 Å². The number of rotatable bonds is 5. The first kappa shape index (κ1) is 21.8. The summed E-state index contributed by atoms with van der Waals surface area (Å²) in [6.07, 6.45) is 0.844. The third-order valence-corrected chi connectivity index (χ3v) is 7.20. The van der Waals surface area contributed by atoms with Crippen LogP contribution < -0.4 is 4.90 Å². The molecule has 12 heteroatoms. The molecule has 3 atom stereocenters. The lowest BCUT2D eigenvalue weighted by Crippen LogP contribution is -2.61. The lowest BCUT2D eigenvalue weighted by atomic mass is 9.99. The van der Waals surface area contributed by atoms with Gasteiger partial charge in [0.15, 0.2) is 16.1 Å². The van der Waals surface area contributed by atoms with Gasteiger partial charge in [0, 0.05) is 13.2 Å². The number of thioether (sulfide) groups is 1. The Kier molecular flexibility index (Phi) is 6.25. The van der Waals surface area contributed by atoms with Crippen LogP contribution in [0.3, 0.4) is 0 Å². The summed E-state index contributed by atoms with van der Waals surface area (Å²) in [7, 11) is 0. The van der Waals surface area contributed by atoms with Crippen LogP contribution in [-0.4, -0.2) is 73.2 Å². The van der Waals surface area contributed by atoms with Crippen molar-refractivity contribution in [2.45, 2.75) is 49.5 Å². The number of hydrogen-bond acceptors (Lipinski definition) is 7. The number of carboxylic acid groups (broad SMARTS) is 1. The fourth-order valence-electron chi connectivity index (χ4n) is 4.53. The second-order valence-electron chi connectivity index (χ2n) is 7.21. The molecule has 162 valence electrons. The summed E-state index contributed by atoms with van der Waals surface area (Å²) >= 11 is 10.7. The zero-order chi connectivity index (χ0) is 21.6. The number of nitrogens with zero attached hydrogens (tertiary/aromatic N) is 5. The number of pyridine rings is 1. The molecule has 2 saturated heterocycles. The van der Waals surface area contributed by atoms with Gasteiger partial charge < -0.3 is 15.1 Å². The van der Waals surface area contributed by atoms with Crippen LogP contribution in [0.4, 0.5) is 15.0 Å². The molecule has 2 bridgehead atoms. The van der Waals surface area contributed by atoms with Gasteiger partial charge >= 0.3 is 6.09 Å². The van der Waals surface area contributed by atoms with E-state index < -0.39 is 11.9 Å². The summed E-state index contributed by atoms with van der Waals surface area (Å²) in [5.41, 5.74) is 0.0681. The SMILES string of the molecule is CCSc1nc(N2C[C@H]3CC[C@@H]([C@H]2CCO)N3C(=O)O)c2c(Br)nc(Cl)c(F)c2n1. The minimum absolute atomic E-state index is 0.0681. The molecule has 0 aliphatic carbocycles. The summed E-state index contributed by atoms with van der Waals surface area (Å²) in [6.45, 7) is 2.24. The fourth-order valence-corrected chi connectivity index (χ4v) is 5.91. The first-order chi connectivity index (χ1) is 14.4. The van der Waals surface area contributed by atoms with E-state index in [1.54, 1.807) is 0 Å². The number of fused-ring (bicyclic) bond motifs is 3. The lowest BCUT2D eigenvalue weighted by Gasteiger charge is -2.46. The Hall–Kier alpha value is -1.43. The van der Waals surface area contributed by atoms with Gasteiger partial charge in [-0.2, -0.15) is 0 Å². The average molecular weight is 521 g/mol. The van der Waals surface area contributed by atoms with Crippen molar-refractivity contribution >= 4 is 62.1 Å². The molecule has 2 fully saturated rings. The van der Waals surface area contributed by atoms with Crippen LogP contribution in [0.15, 0.2) is 9.76 Å². The third kappa shape index (κ3) is 3.59. The molecule has 2 N–H and O–H groups in total. The average Bonchev–Trinajstić information content (AvgIpc) is 3.04. The largest absolute Gasteiger partial charge is 0.465 e. The van der Waals surface area contributed by atoms with Crippen molar-refractivity contribution in [3.8, 4) is 0 Å². The van der Waals surface area contributed by atoms with E-state index in [1.165, 1.54) is 16.7 Å². The minimum atomic E-state index is -0.958. The van der Waals surface area contributed by atoms with Gasteiger partial charge in [0.1, 0.15) is 15.9 Å². The van der Waals surface area contributed by atoms with Crippen LogP contribution >= 0.6 is 39.3 Å². The van der Waals surface area contributed by atoms with Crippen LogP contribution in [0.1, 0.15) is 26.2 Å². The Balaban J connectivity index is 1.91. The maximum Gasteiger partial charge on any atom is 0.407 e. The number of amides is 1. The minimum Gasteiger partial charge on any atom is -0.465 e. The van der Waals surface area contributed by atoms with Crippen LogP contribution in [-0.2, 0) is 0 Å². The van der Waals surface area contributed by atoms with E-state index in [9.17, 15) is 19.4 Å². The Labute approximate surface area is 190 Å². The standard InChI is InChI=1S/C18H20BrClFN5O3S/c1-2-30-17-22-13-11(14(19)23-15(20)12(13)21)16(24-17)25-7-8-3-4-10(9(25)5-6-27)26(8)18(28)29/h8-10,27H,2-7H2,1H3,(H,28,29)/t8-,9-,10+/m1/s1. The van der Waals surface area contributed by atoms with Gasteiger partial charge in [0.05, 0.1) is 23.5 Å². The van der Waals surface area contributed by atoms with E-state index in [-0.39, 0.29) is 35.4 Å². The first-order valence-electron chi connectivity index (χ1n) is 9.61. The molecule has 4 heterocycles. The fraction of sp³-hybridized carbons (Fsp3) is 0.556. The number of anilines is 1. The van der Waals surface area contributed by atoms with E-state index in [1.807, 2.05) is 11.8 Å². The molecule has 1 amide bonds. The van der Waals surface area contributed by atoms with Gasteiger partial charge in [-0.05, 0) is 40.9 Å². The highest BCUT2D eigenvalue weighted by molar-refractivity contribution is 9.10. The molecule has 0 radical (unpaired) electrons. The van der Waals surface area contributed by atoms with Crippen molar-refractivity contribution in [1.82, 2.24) is 19.9 Å². The van der Waals surface area contributed by atoms with Gasteiger partial charge in [-0.1, -0.05) is 30.3 Å². The summed E-state index contributed by atoms with van der Waals surface area (Å²) in [4.78, 5) is 28.4. The smallest absolute Gasteiger partial charge is 0.407 e. The van der Waals surface area contributed by atoms with Crippen molar-refractivity contribution in [3.05, 3.63) is 15.6 Å². The van der Waals surface area contributed by atoms with E-state index in [0.29, 0.717) is 46.1 Å². The van der Waals surface area contributed by atoms with E-state index in [4.69, 9.17) is 16.6 Å². The number of piperazine rings is 1. The zero-order valence-corrected chi connectivity index (χ0v) is 19.2. The van der Waals surface area contributed by atoms with E-state index in [2.05, 4.69) is 25.9 Å². The number of halogens is 3. The van der Waals surface area contributed by atoms with Crippen LogP contribution in [0, 0.1) is 5.82 Å². The normalized spacial score (nSPS) is 23.4. The highest BCUT2D eigenvalue weighted by atomic mass is 79.9. The van der Waals surface area contributed by atoms with Crippen LogP contribution in [0.2, 0.25) is 5.15 Å². The van der Waals surface area contributed by atoms with Crippen LogP contribution in [0.25, 0.3) is 10.9 Å². The molecule has 2 aromatic heterocycles. The molecule has 8 nitrogen and oxygen atoms in total. The Morgan fingerprint density at radius 3 is 2.80 bits per heavy atom. The number of carbonyl (C=O) groups is 1. The maximum atomic E-state index is 14.9. The van der Waals surface area contributed by atoms with Gasteiger partial charge in [-0.25, -0.2) is 24.1 Å². The van der Waals surface area contributed by atoms with Crippen molar-refractivity contribution in [3.63, 3.8) is 0 Å². The molecule has 0 saturated carbocycles. The second kappa shape index (κ2) is 8.60. The molecule has 2 aliphatic rings. The Bertz CT molecular complexity index is 1000. The molecule has 30 heavy (non-hydrogen) atoms. The van der Waals surface area contributed by atoms with Gasteiger partial charge in [-0.15, -0.1) is 0 Å². The quantitative estimate of drug-likeness (QED) is 0.349. The first-order valence-corrected chi connectivity index (χ1v) is 11.8. The monoisotopic (exact) mass is 519 g/mol. The maximum absolute atomic E-state index is 14.9. The summed E-state index contributed by atoms with van der Waals surface area (Å²) < 4.78 is 15.2.